The van der Waals surface area contributed by atoms with Crippen LogP contribution < -0.4 is 4.90 Å². The molecule has 148 valence electrons. The summed E-state index contributed by atoms with van der Waals surface area (Å²) in [6, 6.07) is 3.21. The predicted molar refractivity (Wildman–Crippen MR) is 92.9 cm³/mol. The Morgan fingerprint density at radius 3 is 2.22 bits per heavy atom. The highest BCUT2D eigenvalue weighted by atomic mass is 32.2. The van der Waals surface area contributed by atoms with Crippen molar-refractivity contribution < 1.29 is 26.7 Å². The van der Waals surface area contributed by atoms with E-state index in [1.807, 2.05) is 0 Å². The van der Waals surface area contributed by atoms with Crippen LogP contribution in [0.3, 0.4) is 0 Å². The molecule has 2 aromatic rings. The third kappa shape index (κ3) is 3.79. The van der Waals surface area contributed by atoms with E-state index in [-0.39, 0.29) is 23.2 Å². The number of piperazine rings is 1. The van der Waals surface area contributed by atoms with Crippen molar-refractivity contribution in [1.29, 1.82) is 0 Å². The van der Waals surface area contributed by atoms with Gasteiger partial charge in [-0.3, -0.25) is 0 Å². The molecule has 3 heterocycles. The first kappa shape index (κ1) is 20.0. The van der Waals surface area contributed by atoms with Crippen LogP contribution in [0.2, 0.25) is 0 Å². The summed E-state index contributed by atoms with van der Waals surface area (Å²) in [5, 5.41) is 11.3. The van der Waals surface area contributed by atoms with Crippen molar-refractivity contribution in [3.8, 4) is 0 Å². The van der Waals surface area contributed by atoms with Crippen molar-refractivity contribution in [2.75, 3.05) is 31.1 Å². The average molecular weight is 422 g/mol. The van der Waals surface area contributed by atoms with Gasteiger partial charge in [0, 0.05) is 44.1 Å². The molecule has 1 unspecified atom stereocenters. The molecule has 0 aromatic carbocycles. The molecule has 0 amide bonds. The van der Waals surface area contributed by atoms with Crippen molar-refractivity contribution in [2.45, 2.75) is 22.9 Å². The van der Waals surface area contributed by atoms with E-state index >= 15 is 0 Å². The van der Waals surface area contributed by atoms with E-state index in [0.717, 1.165) is 23.7 Å². The van der Waals surface area contributed by atoms with E-state index in [9.17, 15) is 26.7 Å². The molecule has 0 bridgehead atoms. The predicted octanol–water partition coefficient (Wildman–Crippen LogP) is 1.82. The number of sulfonamides is 1. The molecule has 0 aliphatic carbocycles. The lowest BCUT2D eigenvalue weighted by molar-refractivity contribution is -0.259. The van der Waals surface area contributed by atoms with Crippen molar-refractivity contribution >= 4 is 27.3 Å². The Bertz CT molecular complexity index is 876. The van der Waals surface area contributed by atoms with Gasteiger partial charge in [0.2, 0.25) is 5.95 Å². The van der Waals surface area contributed by atoms with Crippen LogP contribution in [0.25, 0.3) is 0 Å². The Morgan fingerprint density at radius 1 is 1.15 bits per heavy atom. The molecule has 1 aliphatic rings. The zero-order chi connectivity index (χ0) is 19.9. The highest BCUT2D eigenvalue weighted by molar-refractivity contribution is 7.91. The minimum atomic E-state index is -4.85. The molecule has 2 aromatic heterocycles. The van der Waals surface area contributed by atoms with Gasteiger partial charge < -0.3 is 10.0 Å². The van der Waals surface area contributed by atoms with Gasteiger partial charge in [-0.2, -0.15) is 17.5 Å². The first-order valence-electron chi connectivity index (χ1n) is 7.94. The average Bonchev–Trinajstić information content (AvgIpc) is 3.16. The molecule has 1 saturated heterocycles. The van der Waals surface area contributed by atoms with E-state index in [0.29, 0.717) is 20.0 Å². The Morgan fingerprint density at radius 2 is 1.74 bits per heavy atom. The van der Waals surface area contributed by atoms with Crippen LogP contribution in [-0.4, -0.2) is 60.2 Å². The molecule has 1 N–H and O–H groups in total. The fourth-order valence-corrected chi connectivity index (χ4v) is 5.13. The van der Waals surface area contributed by atoms with Gasteiger partial charge in [0.15, 0.2) is 5.60 Å². The number of anilines is 1. The molecule has 1 fully saturated rings. The number of aromatic nitrogens is 2. The third-order valence-electron chi connectivity index (χ3n) is 4.36. The van der Waals surface area contributed by atoms with Crippen molar-refractivity contribution in [3.63, 3.8) is 0 Å². The Hall–Kier alpha value is -1.76. The van der Waals surface area contributed by atoms with Crippen molar-refractivity contribution in [3.05, 3.63) is 35.5 Å². The lowest BCUT2D eigenvalue weighted by atomic mass is 9.99. The molecule has 0 radical (unpaired) electrons. The lowest BCUT2D eigenvalue weighted by Crippen LogP contribution is -2.49. The van der Waals surface area contributed by atoms with Crippen LogP contribution in [-0.2, 0) is 15.6 Å². The highest BCUT2D eigenvalue weighted by Crippen LogP contribution is 2.38. The van der Waals surface area contributed by atoms with E-state index in [1.54, 1.807) is 22.4 Å². The van der Waals surface area contributed by atoms with E-state index < -0.39 is 27.4 Å². The second-order valence-electron chi connectivity index (χ2n) is 6.16. The van der Waals surface area contributed by atoms with Gasteiger partial charge in [-0.15, -0.1) is 11.3 Å². The summed E-state index contributed by atoms with van der Waals surface area (Å²) in [4.78, 5) is 9.50. The van der Waals surface area contributed by atoms with Crippen LogP contribution in [0.4, 0.5) is 19.1 Å². The summed E-state index contributed by atoms with van der Waals surface area (Å²) >= 11 is 1.14. The number of aliphatic hydroxyl groups is 1. The standard InChI is InChI=1S/C15H17F3N4O3S2/c1-14(23,15(16,17)18)11-9-19-13(20-10-11)21-4-6-22(7-5-21)27(24,25)12-3-2-8-26-12/h2-3,8-10,23H,4-7H2,1H3. The minimum Gasteiger partial charge on any atom is -0.376 e. The summed E-state index contributed by atoms with van der Waals surface area (Å²) in [6.07, 6.45) is -2.98. The number of hydrogen-bond donors (Lipinski definition) is 1. The van der Waals surface area contributed by atoms with E-state index in [2.05, 4.69) is 9.97 Å². The minimum absolute atomic E-state index is 0.185. The molecule has 1 atom stereocenters. The zero-order valence-corrected chi connectivity index (χ0v) is 15.9. The van der Waals surface area contributed by atoms with Crippen LogP contribution in [0.5, 0.6) is 0 Å². The van der Waals surface area contributed by atoms with Gasteiger partial charge in [-0.1, -0.05) is 6.07 Å². The zero-order valence-electron chi connectivity index (χ0n) is 14.2. The topological polar surface area (TPSA) is 86.6 Å². The fourth-order valence-electron chi connectivity index (χ4n) is 2.57. The number of halogens is 3. The largest absolute Gasteiger partial charge is 0.421 e. The smallest absolute Gasteiger partial charge is 0.376 e. The molecule has 3 rings (SSSR count). The molecule has 1 aliphatic heterocycles. The van der Waals surface area contributed by atoms with Crippen LogP contribution in [0.15, 0.2) is 34.1 Å². The SMILES string of the molecule is CC(O)(c1cnc(N2CCN(S(=O)(=O)c3cccs3)CC2)nc1)C(F)(F)F. The maximum absolute atomic E-state index is 12.9. The maximum Gasteiger partial charge on any atom is 0.421 e. The second kappa shape index (κ2) is 7.00. The Kier molecular flexibility index (Phi) is 5.18. The summed E-state index contributed by atoms with van der Waals surface area (Å²) < 4.78 is 65.2. The summed E-state index contributed by atoms with van der Waals surface area (Å²) in [5.74, 6) is 0.185. The van der Waals surface area contributed by atoms with Crippen LogP contribution >= 0.6 is 11.3 Å². The number of rotatable bonds is 4. The summed E-state index contributed by atoms with van der Waals surface area (Å²) in [7, 11) is -3.54. The highest BCUT2D eigenvalue weighted by Gasteiger charge is 2.51. The fraction of sp³-hybridized carbons (Fsp3) is 0.467. The molecular weight excluding hydrogens is 405 g/mol. The Balaban J connectivity index is 1.68. The van der Waals surface area contributed by atoms with Crippen molar-refractivity contribution in [1.82, 2.24) is 14.3 Å². The first-order chi connectivity index (χ1) is 12.5. The number of alkyl halides is 3. The second-order valence-corrected chi connectivity index (χ2v) is 9.28. The van der Waals surface area contributed by atoms with Crippen LogP contribution in [0, 0.1) is 0 Å². The number of thiophene rings is 1. The number of hydrogen-bond acceptors (Lipinski definition) is 7. The lowest BCUT2D eigenvalue weighted by Gasteiger charge is -2.34. The number of nitrogens with zero attached hydrogens (tertiary/aromatic N) is 4. The monoisotopic (exact) mass is 422 g/mol. The van der Waals surface area contributed by atoms with E-state index in [1.165, 1.54) is 4.31 Å². The van der Waals surface area contributed by atoms with Gasteiger partial charge >= 0.3 is 6.18 Å². The van der Waals surface area contributed by atoms with Gasteiger partial charge in [0.25, 0.3) is 10.0 Å². The van der Waals surface area contributed by atoms with Gasteiger partial charge in [0.05, 0.1) is 0 Å². The molecule has 27 heavy (non-hydrogen) atoms. The first-order valence-corrected chi connectivity index (χ1v) is 10.3. The van der Waals surface area contributed by atoms with Crippen LogP contribution in [0.1, 0.15) is 12.5 Å². The summed E-state index contributed by atoms with van der Waals surface area (Å²) in [6.45, 7) is 1.68. The maximum atomic E-state index is 12.9. The molecule has 7 nitrogen and oxygen atoms in total. The van der Waals surface area contributed by atoms with E-state index in [4.69, 9.17) is 0 Å². The quantitative estimate of drug-likeness (QED) is 0.809. The molecular formula is C15H17F3N4O3S2. The summed E-state index contributed by atoms with van der Waals surface area (Å²) in [5.41, 5.74) is -3.50. The van der Waals surface area contributed by atoms with Crippen molar-refractivity contribution in [2.24, 2.45) is 0 Å². The Labute approximate surface area is 158 Å². The normalized spacial score (nSPS) is 19.1. The third-order valence-corrected chi connectivity index (χ3v) is 7.63. The van der Waals surface area contributed by atoms with Gasteiger partial charge in [-0.25, -0.2) is 18.4 Å². The molecule has 0 saturated carbocycles. The molecule has 12 heteroatoms. The van der Waals surface area contributed by atoms with Gasteiger partial charge in [-0.05, 0) is 18.4 Å². The molecule has 0 spiro atoms. The van der Waals surface area contributed by atoms with Gasteiger partial charge in [0.1, 0.15) is 4.21 Å².